The third-order valence-electron chi connectivity index (χ3n) is 4.58. The van der Waals surface area contributed by atoms with Crippen LogP contribution in [0.4, 0.5) is 0 Å². The molecule has 0 aliphatic carbocycles. The van der Waals surface area contributed by atoms with Crippen LogP contribution in [0.2, 0.25) is 0 Å². The predicted molar refractivity (Wildman–Crippen MR) is 126 cm³/mol. The van der Waals surface area contributed by atoms with E-state index in [1.165, 1.54) is 11.1 Å². The minimum Gasteiger partial charge on any atom is -0.370 e. The smallest absolute Gasteiger partial charge is 0.348 e. The van der Waals surface area contributed by atoms with E-state index in [9.17, 15) is 9.59 Å². The number of aryl methyl sites for hydroxylation is 2. The Morgan fingerprint density at radius 2 is 1.44 bits per heavy atom. The lowest BCUT2D eigenvalue weighted by atomic mass is 10.0. The van der Waals surface area contributed by atoms with Crippen LogP contribution in [-0.4, -0.2) is 23.9 Å². The zero-order valence-corrected chi connectivity index (χ0v) is 18.7. The molecule has 2 aromatic carbocycles. The van der Waals surface area contributed by atoms with Gasteiger partial charge in [-0.2, -0.15) is 5.48 Å². The number of hydrogen-bond donors (Lipinski definition) is 5. The van der Waals surface area contributed by atoms with Gasteiger partial charge in [-0.3, -0.25) is 10.2 Å². The van der Waals surface area contributed by atoms with Gasteiger partial charge in [0, 0.05) is 0 Å². The van der Waals surface area contributed by atoms with Crippen LogP contribution >= 0.6 is 0 Å². The molecule has 0 saturated carbocycles. The molecule has 2 aromatic rings. The molecule has 0 spiro atoms. The maximum atomic E-state index is 11.9. The summed E-state index contributed by atoms with van der Waals surface area (Å²) < 4.78 is 0. The Morgan fingerprint density at radius 1 is 0.938 bits per heavy atom. The van der Waals surface area contributed by atoms with Crippen molar-refractivity contribution in [2.75, 3.05) is 0 Å². The Balaban J connectivity index is 0.00000118. The molecule has 1 amide bonds. The highest BCUT2D eigenvalue weighted by Crippen LogP contribution is 2.11. The van der Waals surface area contributed by atoms with E-state index in [2.05, 4.69) is 41.2 Å². The molecule has 0 aromatic heterocycles. The Kier molecular flexibility index (Phi) is 12.8. The molecule has 1 atom stereocenters. The van der Waals surface area contributed by atoms with Crippen LogP contribution in [0.1, 0.15) is 49.3 Å². The van der Waals surface area contributed by atoms with Crippen molar-refractivity contribution in [3.05, 3.63) is 71.3 Å². The quantitative estimate of drug-likeness (QED) is 0.165. The highest BCUT2D eigenvalue weighted by Gasteiger charge is 2.15. The fraction of sp³-hybridized carbons (Fsp3) is 0.375. The Bertz CT molecular complexity index is 821. The molecule has 174 valence electrons. The Hall–Kier alpha value is -3.39. The van der Waals surface area contributed by atoms with Crippen molar-refractivity contribution in [2.24, 2.45) is 17.2 Å². The van der Waals surface area contributed by atoms with Gasteiger partial charge in [-0.15, -0.1) is 0 Å². The van der Waals surface area contributed by atoms with E-state index in [0.29, 0.717) is 6.42 Å². The average Bonchev–Trinajstić information content (AvgIpc) is 2.76. The van der Waals surface area contributed by atoms with Gasteiger partial charge in [0.2, 0.25) is 0 Å². The fourth-order valence-corrected chi connectivity index (χ4v) is 2.96. The number of hydrogen-bond acceptors (Lipinski definition) is 5. The van der Waals surface area contributed by atoms with E-state index in [4.69, 9.17) is 16.0 Å². The van der Waals surface area contributed by atoms with Crippen LogP contribution in [0.3, 0.4) is 0 Å². The second kappa shape index (κ2) is 15.4. The summed E-state index contributed by atoms with van der Waals surface area (Å²) in [6, 6.07) is 17.8. The number of nitrogens with one attached hydrogen (secondary N) is 2. The predicted octanol–water partition coefficient (Wildman–Crippen LogP) is 2.33. The van der Waals surface area contributed by atoms with Gasteiger partial charge in [0.15, 0.2) is 5.96 Å². The molecular weight excluding hydrogens is 406 g/mol. The van der Waals surface area contributed by atoms with Crippen molar-refractivity contribution in [2.45, 2.75) is 57.9 Å². The standard InChI is InChI=1S/C23H30N2O3.CH5N3/c1-2-8-21(24)23(27)28-25-22(26)17-20-15-13-19(14-16-20)12-7-6-11-18-9-4-3-5-10-18;2-1(3)4/h3-5,9-10,13-16,21H,2,6-8,11-12,17,24H2,1H3,(H,25,26);(H5,2,3,4)/t21-;/m0./s1. The lowest BCUT2D eigenvalue weighted by molar-refractivity contribution is -0.159. The first kappa shape index (κ1) is 26.6. The number of carbonyl (C=O) groups is 2. The summed E-state index contributed by atoms with van der Waals surface area (Å²) in [5.74, 6) is -1.31. The number of unbranched alkanes of at least 4 members (excludes halogenated alkanes) is 1. The van der Waals surface area contributed by atoms with Crippen molar-refractivity contribution < 1.29 is 14.4 Å². The first-order valence-electron chi connectivity index (χ1n) is 10.8. The summed E-state index contributed by atoms with van der Waals surface area (Å²) in [7, 11) is 0. The topological polar surface area (TPSA) is 157 Å². The van der Waals surface area contributed by atoms with E-state index >= 15 is 0 Å². The third-order valence-corrected chi connectivity index (χ3v) is 4.58. The van der Waals surface area contributed by atoms with Crippen LogP contribution in [0, 0.1) is 5.41 Å². The van der Waals surface area contributed by atoms with Crippen molar-refractivity contribution in [1.82, 2.24) is 5.48 Å². The van der Waals surface area contributed by atoms with Gasteiger partial charge in [-0.1, -0.05) is 67.9 Å². The molecule has 0 unspecified atom stereocenters. The minimum absolute atomic E-state index is 0.157. The van der Waals surface area contributed by atoms with Gasteiger partial charge in [0.05, 0.1) is 6.42 Å². The first-order chi connectivity index (χ1) is 15.3. The van der Waals surface area contributed by atoms with Crippen molar-refractivity contribution in [1.29, 1.82) is 5.41 Å². The highest BCUT2D eigenvalue weighted by atomic mass is 16.7. The van der Waals surface area contributed by atoms with E-state index in [0.717, 1.165) is 37.7 Å². The van der Waals surface area contributed by atoms with Crippen LogP contribution in [0.25, 0.3) is 0 Å². The molecule has 32 heavy (non-hydrogen) atoms. The normalized spacial score (nSPS) is 10.9. The summed E-state index contributed by atoms with van der Waals surface area (Å²) in [6.45, 7) is 1.93. The molecule has 8 heteroatoms. The molecule has 0 heterocycles. The lowest BCUT2D eigenvalue weighted by Crippen LogP contribution is -2.38. The summed E-state index contributed by atoms with van der Waals surface area (Å²) >= 11 is 0. The van der Waals surface area contributed by atoms with Crippen LogP contribution < -0.4 is 22.7 Å². The molecule has 8 N–H and O–H groups in total. The summed E-state index contributed by atoms with van der Waals surface area (Å²) in [4.78, 5) is 28.2. The van der Waals surface area contributed by atoms with Gasteiger partial charge in [-0.25, -0.2) is 4.79 Å². The number of hydroxylamine groups is 1. The monoisotopic (exact) mass is 441 g/mol. The molecule has 0 saturated heterocycles. The van der Waals surface area contributed by atoms with Crippen LogP contribution in [0.15, 0.2) is 54.6 Å². The van der Waals surface area contributed by atoms with Gasteiger partial charge >= 0.3 is 5.97 Å². The van der Waals surface area contributed by atoms with Gasteiger partial charge in [-0.05, 0) is 48.8 Å². The number of carbonyl (C=O) groups excluding carboxylic acids is 2. The van der Waals surface area contributed by atoms with E-state index < -0.39 is 12.0 Å². The lowest BCUT2D eigenvalue weighted by Gasteiger charge is -2.10. The molecule has 0 bridgehead atoms. The molecule has 0 radical (unpaired) electrons. The largest absolute Gasteiger partial charge is 0.370 e. The SMILES string of the molecule is CCC[C@H](N)C(=O)ONC(=O)Cc1ccc(CCCCc2ccccc2)cc1.N=C(N)N. The second-order valence-electron chi connectivity index (χ2n) is 7.48. The maximum Gasteiger partial charge on any atom is 0.348 e. The minimum atomic E-state index is -0.702. The number of amides is 1. The number of nitrogens with two attached hydrogens (primary N) is 3. The van der Waals surface area contributed by atoms with Gasteiger partial charge in [0.1, 0.15) is 6.04 Å². The summed E-state index contributed by atoms with van der Waals surface area (Å²) in [6.07, 6.45) is 5.86. The number of rotatable bonds is 10. The van der Waals surface area contributed by atoms with Gasteiger partial charge in [0.25, 0.3) is 5.91 Å². The van der Waals surface area contributed by atoms with E-state index in [-0.39, 0.29) is 18.3 Å². The second-order valence-corrected chi connectivity index (χ2v) is 7.48. The number of benzene rings is 2. The van der Waals surface area contributed by atoms with Gasteiger partial charge < -0.3 is 22.0 Å². The third kappa shape index (κ3) is 12.3. The molecule has 8 nitrogen and oxygen atoms in total. The van der Waals surface area contributed by atoms with E-state index in [1.54, 1.807) is 0 Å². The van der Waals surface area contributed by atoms with Crippen molar-refractivity contribution >= 4 is 17.8 Å². The van der Waals surface area contributed by atoms with Crippen LogP contribution in [0.5, 0.6) is 0 Å². The summed E-state index contributed by atoms with van der Waals surface area (Å²) in [5.41, 5.74) is 20.3. The molecule has 0 aliphatic heterocycles. The maximum absolute atomic E-state index is 11.9. The Morgan fingerprint density at radius 3 is 1.97 bits per heavy atom. The molecule has 0 fully saturated rings. The Labute approximate surface area is 190 Å². The van der Waals surface area contributed by atoms with E-state index in [1.807, 2.05) is 37.3 Å². The molecular formula is C24H35N5O3. The zero-order chi connectivity index (χ0) is 23.8. The first-order valence-corrected chi connectivity index (χ1v) is 10.8. The van der Waals surface area contributed by atoms with Crippen molar-refractivity contribution in [3.63, 3.8) is 0 Å². The fourth-order valence-electron chi connectivity index (χ4n) is 2.96. The zero-order valence-electron chi connectivity index (χ0n) is 18.7. The molecule has 0 aliphatic rings. The number of guanidine groups is 1. The summed E-state index contributed by atoms with van der Waals surface area (Å²) in [5, 5.41) is 6.06. The average molecular weight is 442 g/mol. The van der Waals surface area contributed by atoms with Crippen molar-refractivity contribution in [3.8, 4) is 0 Å². The highest BCUT2D eigenvalue weighted by molar-refractivity contribution is 5.81. The van der Waals surface area contributed by atoms with Crippen LogP contribution in [-0.2, 0) is 33.7 Å². The molecule has 2 rings (SSSR count).